The zero-order valence-electron chi connectivity index (χ0n) is 15.7. The first-order valence-electron chi connectivity index (χ1n) is 10.4. The Morgan fingerprint density at radius 3 is 2.44 bits per heavy atom. The Kier molecular flexibility index (Phi) is 4.38. The van der Waals surface area contributed by atoms with Crippen LogP contribution in [0.2, 0.25) is 0 Å². The molecule has 1 aromatic heterocycles. The van der Waals surface area contributed by atoms with Crippen molar-refractivity contribution < 1.29 is 4.79 Å². The van der Waals surface area contributed by atoms with Crippen LogP contribution in [-0.4, -0.2) is 28.4 Å². The van der Waals surface area contributed by atoms with Crippen molar-refractivity contribution in [3.05, 3.63) is 48.3 Å². The maximum atomic E-state index is 12.4. The first kappa shape index (κ1) is 16.8. The summed E-state index contributed by atoms with van der Waals surface area (Å²) in [6.45, 7) is 0.639. The Labute approximate surface area is 160 Å². The average Bonchev–Trinajstić information content (AvgIpc) is 3.14. The smallest absolute Gasteiger partial charge is 0.315 e. The first-order chi connectivity index (χ1) is 13.2. The van der Waals surface area contributed by atoms with Gasteiger partial charge in [-0.15, -0.1) is 0 Å². The monoisotopic (exact) mass is 364 g/mol. The van der Waals surface area contributed by atoms with Crippen LogP contribution in [0.15, 0.2) is 42.7 Å². The van der Waals surface area contributed by atoms with E-state index in [9.17, 15) is 4.79 Å². The predicted molar refractivity (Wildman–Crippen MR) is 105 cm³/mol. The molecule has 0 aliphatic heterocycles. The highest BCUT2D eigenvalue weighted by Crippen LogP contribution is 2.53. The number of hydrogen-bond donors (Lipinski definition) is 2. The number of nitrogens with zero attached hydrogens (tertiary/aromatic N) is 2. The van der Waals surface area contributed by atoms with Crippen LogP contribution in [0.3, 0.4) is 0 Å². The molecule has 0 atom stereocenters. The van der Waals surface area contributed by atoms with E-state index >= 15 is 0 Å². The number of rotatable bonds is 5. The van der Waals surface area contributed by atoms with Crippen molar-refractivity contribution in [1.29, 1.82) is 0 Å². The molecular weight excluding hydrogens is 336 g/mol. The van der Waals surface area contributed by atoms with E-state index in [1.807, 2.05) is 47.4 Å². The van der Waals surface area contributed by atoms with Gasteiger partial charge in [-0.05, 0) is 79.9 Å². The fourth-order valence-electron chi connectivity index (χ4n) is 5.89. The molecule has 4 bridgehead atoms. The minimum atomic E-state index is 0.00271. The minimum absolute atomic E-state index is 0.00271. The third kappa shape index (κ3) is 3.47. The SMILES string of the molecule is O=C(NCCc1cnn(-c2ccccc2)c1)NC1C2CC3CC(C2)CC1C3. The topological polar surface area (TPSA) is 59.0 Å². The molecule has 6 rings (SSSR count). The lowest BCUT2D eigenvalue weighted by atomic mass is 9.54. The number of amides is 2. The molecule has 1 aromatic carbocycles. The third-order valence-corrected chi connectivity index (χ3v) is 6.88. The number of urea groups is 1. The van der Waals surface area contributed by atoms with Crippen LogP contribution in [-0.2, 0) is 6.42 Å². The molecule has 0 radical (unpaired) electrons. The quantitative estimate of drug-likeness (QED) is 0.852. The third-order valence-electron chi connectivity index (χ3n) is 6.88. The summed E-state index contributed by atoms with van der Waals surface area (Å²) in [5, 5.41) is 10.8. The molecule has 142 valence electrons. The van der Waals surface area contributed by atoms with Gasteiger partial charge in [-0.3, -0.25) is 0 Å². The van der Waals surface area contributed by atoms with Gasteiger partial charge in [0.15, 0.2) is 0 Å². The predicted octanol–water partition coefficient (Wildman–Crippen LogP) is 3.54. The van der Waals surface area contributed by atoms with Gasteiger partial charge in [-0.1, -0.05) is 18.2 Å². The summed E-state index contributed by atoms with van der Waals surface area (Å²) in [4.78, 5) is 12.4. The Morgan fingerprint density at radius 2 is 1.74 bits per heavy atom. The summed E-state index contributed by atoms with van der Waals surface area (Å²) < 4.78 is 1.88. The van der Waals surface area contributed by atoms with Crippen LogP contribution < -0.4 is 10.6 Å². The lowest BCUT2D eigenvalue weighted by molar-refractivity contribution is -0.00940. The van der Waals surface area contributed by atoms with Gasteiger partial charge in [0.2, 0.25) is 0 Å². The molecule has 2 amide bonds. The first-order valence-corrected chi connectivity index (χ1v) is 10.4. The minimum Gasteiger partial charge on any atom is -0.338 e. The van der Waals surface area contributed by atoms with Gasteiger partial charge in [0.1, 0.15) is 0 Å². The Morgan fingerprint density at radius 1 is 1.04 bits per heavy atom. The number of para-hydroxylation sites is 1. The Bertz CT molecular complexity index is 772. The van der Waals surface area contributed by atoms with Crippen LogP contribution in [0, 0.1) is 23.7 Å². The fourth-order valence-corrected chi connectivity index (χ4v) is 5.89. The van der Waals surface area contributed by atoms with Gasteiger partial charge >= 0.3 is 6.03 Å². The second-order valence-corrected chi connectivity index (χ2v) is 8.74. The van der Waals surface area contributed by atoms with E-state index in [1.54, 1.807) is 0 Å². The van der Waals surface area contributed by atoms with Crippen molar-refractivity contribution in [1.82, 2.24) is 20.4 Å². The summed E-state index contributed by atoms with van der Waals surface area (Å²) in [7, 11) is 0. The molecule has 0 unspecified atom stereocenters. The molecule has 2 aromatic rings. The van der Waals surface area contributed by atoms with Crippen LogP contribution in [0.25, 0.3) is 5.69 Å². The van der Waals surface area contributed by atoms with Gasteiger partial charge in [0.25, 0.3) is 0 Å². The van der Waals surface area contributed by atoms with E-state index in [0.29, 0.717) is 12.6 Å². The molecule has 1 heterocycles. The van der Waals surface area contributed by atoms with Gasteiger partial charge in [0.05, 0.1) is 11.9 Å². The zero-order chi connectivity index (χ0) is 18.2. The molecule has 2 N–H and O–H groups in total. The summed E-state index contributed by atoms with van der Waals surface area (Å²) >= 11 is 0. The number of aromatic nitrogens is 2. The maximum Gasteiger partial charge on any atom is 0.315 e. The van der Waals surface area contributed by atoms with Gasteiger partial charge in [-0.2, -0.15) is 5.10 Å². The lowest BCUT2D eigenvalue weighted by Crippen LogP contribution is -2.57. The summed E-state index contributed by atoms with van der Waals surface area (Å²) in [5.41, 5.74) is 2.19. The van der Waals surface area contributed by atoms with Crippen molar-refractivity contribution in [2.75, 3.05) is 6.54 Å². The molecular formula is C22H28N4O. The standard InChI is InChI=1S/C22H28N4O/c27-22(25-21-18-9-16-8-17(11-18)12-19(21)10-16)23-7-6-15-13-24-26(14-15)20-4-2-1-3-5-20/h1-5,13-14,16-19,21H,6-12H2,(H2,23,25,27). The summed E-state index contributed by atoms with van der Waals surface area (Å²) in [5.74, 6) is 3.32. The normalized spacial score (nSPS) is 31.0. The van der Waals surface area contributed by atoms with E-state index in [1.165, 1.54) is 32.1 Å². The lowest BCUT2D eigenvalue weighted by Gasteiger charge is -2.54. The van der Waals surface area contributed by atoms with E-state index < -0.39 is 0 Å². The highest BCUT2D eigenvalue weighted by molar-refractivity contribution is 5.74. The van der Waals surface area contributed by atoms with Crippen molar-refractivity contribution in [3.8, 4) is 5.69 Å². The summed E-state index contributed by atoms with van der Waals surface area (Å²) in [6, 6.07) is 10.5. The van der Waals surface area contributed by atoms with E-state index in [0.717, 1.165) is 41.3 Å². The number of benzene rings is 1. The number of carbonyl (C=O) groups is 1. The van der Waals surface area contributed by atoms with Gasteiger partial charge < -0.3 is 10.6 Å². The van der Waals surface area contributed by atoms with Crippen molar-refractivity contribution >= 4 is 6.03 Å². The highest BCUT2D eigenvalue weighted by atomic mass is 16.2. The maximum absolute atomic E-state index is 12.4. The molecule has 5 heteroatoms. The van der Waals surface area contributed by atoms with Gasteiger partial charge in [-0.25, -0.2) is 9.48 Å². The zero-order valence-corrected chi connectivity index (χ0v) is 15.7. The summed E-state index contributed by atoms with van der Waals surface area (Å²) in [6.07, 6.45) is 11.5. The number of nitrogens with one attached hydrogen (secondary N) is 2. The van der Waals surface area contributed by atoms with E-state index in [-0.39, 0.29) is 6.03 Å². The second-order valence-electron chi connectivity index (χ2n) is 8.74. The van der Waals surface area contributed by atoms with Crippen molar-refractivity contribution in [2.24, 2.45) is 23.7 Å². The van der Waals surface area contributed by atoms with Crippen LogP contribution >= 0.6 is 0 Å². The van der Waals surface area contributed by atoms with Crippen LogP contribution in [0.4, 0.5) is 4.79 Å². The molecule has 4 aliphatic rings. The largest absolute Gasteiger partial charge is 0.338 e. The van der Waals surface area contributed by atoms with Gasteiger partial charge in [0, 0.05) is 18.8 Å². The Balaban J connectivity index is 1.11. The second kappa shape index (κ2) is 7.02. The molecule has 0 saturated heterocycles. The fraction of sp³-hybridized carbons (Fsp3) is 0.545. The number of hydrogen-bond acceptors (Lipinski definition) is 2. The van der Waals surface area contributed by atoms with E-state index in [2.05, 4.69) is 15.7 Å². The van der Waals surface area contributed by atoms with Crippen molar-refractivity contribution in [3.63, 3.8) is 0 Å². The van der Waals surface area contributed by atoms with Crippen molar-refractivity contribution in [2.45, 2.75) is 44.6 Å². The highest BCUT2D eigenvalue weighted by Gasteiger charge is 2.48. The molecule has 27 heavy (non-hydrogen) atoms. The molecule has 4 saturated carbocycles. The molecule has 5 nitrogen and oxygen atoms in total. The molecule has 0 spiro atoms. The Hall–Kier alpha value is -2.30. The van der Waals surface area contributed by atoms with Crippen LogP contribution in [0.1, 0.15) is 37.7 Å². The van der Waals surface area contributed by atoms with E-state index in [4.69, 9.17) is 0 Å². The number of carbonyl (C=O) groups excluding carboxylic acids is 1. The molecule has 4 aliphatic carbocycles. The average molecular weight is 364 g/mol. The van der Waals surface area contributed by atoms with Crippen LogP contribution in [0.5, 0.6) is 0 Å². The molecule has 4 fully saturated rings.